The number of aromatic nitrogens is 2. The van der Waals surface area contributed by atoms with Gasteiger partial charge in [0.1, 0.15) is 35.0 Å². The fourth-order valence-corrected chi connectivity index (χ4v) is 16.2. The number of allylic oxidation sites excluding steroid dienone is 4. The van der Waals surface area contributed by atoms with Gasteiger partial charge in [-0.2, -0.15) is 0 Å². The largest absolute Gasteiger partial charge is 0.497 e. The molecule has 14 rings (SSSR count). The van der Waals surface area contributed by atoms with E-state index in [1.165, 1.54) is 29.2 Å². The second-order valence-electron chi connectivity index (χ2n) is 29.4. The van der Waals surface area contributed by atoms with Crippen LogP contribution in [-0.4, -0.2) is 122 Å². The molecule has 0 radical (unpaired) electrons. The molecule has 2 aromatic heterocycles. The number of nitrogens with zero attached hydrogens (tertiary/aromatic N) is 4. The minimum atomic E-state index is -1.16. The quantitative estimate of drug-likeness (QED) is 0.0968. The lowest BCUT2D eigenvalue weighted by Crippen LogP contribution is -2.45. The first kappa shape index (κ1) is 75.0. The Morgan fingerprint density at radius 1 is 0.562 bits per heavy atom. The van der Waals surface area contributed by atoms with Crippen LogP contribution in [-0.2, 0) is 41.6 Å². The topological polar surface area (TPSA) is 223 Å². The Bertz CT molecular complexity index is 4550. The van der Waals surface area contributed by atoms with Crippen LogP contribution in [0, 0.1) is 60.0 Å². The lowest BCUT2D eigenvalue weighted by atomic mass is 9.90. The predicted molar refractivity (Wildman–Crippen MR) is 400 cm³/mol. The van der Waals surface area contributed by atoms with E-state index in [1.54, 1.807) is 19.1 Å². The van der Waals surface area contributed by atoms with E-state index in [2.05, 4.69) is 4.98 Å². The van der Waals surface area contributed by atoms with Crippen LogP contribution in [0.15, 0.2) is 170 Å². The SMILES string of the molecule is COc1ccc2c(Cl)cc(-c3ccccc3)nc2c1.COc1ccc2c(O[C@@H]3C[C@H]4C(=O)C[C@]5(C(=O)O)C[C@H]5/C=C\CCCCC[C@H](Cc5cc(C)cc(F)c5)C(=O)N4C3)cc(-c3ccccc3)nc2c1.Cc1cc(F)cc(C[C@H]2CCCCC/C=C\[C@@H]3C[C@@]3(C(=O)O)CC(=O)[C@@H]3C[C@@H](O)CN3C2=O)c1. The third kappa shape index (κ3) is 17.8. The zero-order chi connectivity index (χ0) is 74.1. The Hall–Kier alpha value is -9.65. The number of pyridine rings is 2. The number of aliphatic hydroxyl groups is 1. The van der Waals surface area contributed by atoms with Crippen LogP contribution in [0.1, 0.15) is 125 Å². The number of carboxylic acid groups (broad SMARTS) is 2. The Morgan fingerprint density at radius 2 is 1.03 bits per heavy atom. The van der Waals surface area contributed by atoms with Crippen molar-refractivity contribution in [3.63, 3.8) is 0 Å². The first-order valence-electron chi connectivity index (χ1n) is 36.7. The molecule has 16 nitrogen and oxygen atoms in total. The zero-order valence-electron chi connectivity index (χ0n) is 59.9. The smallest absolute Gasteiger partial charge is 0.310 e. The number of Topliss-reactive ketones (excluding diaryl/α,β-unsaturated/α-hetero) is 2. The van der Waals surface area contributed by atoms with Gasteiger partial charge in [0.2, 0.25) is 11.8 Å². The molecule has 2 saturated heterocycles. The molecule has 6 aromatic carbocycles. The number of ketones is 2. The number of carbonyl (C=O) groups is 6. The van der Waals surface area contributed by atoms with E-state index in [1.807, 2.05) is 159 Å². The summed E-state index contributed by atoms with van der Waals surface area (Å²) in [6.45, 7) is 3.88. The second-order valence-corrected chi connectivity index (χ2v) is 29.8. The number of carbonyl (C=O) groups excluding carboxylic acids is 4. The van der Waals surface area contributed by atoms with Gasteiger partial charge < -0.3 is 39.3 Å². The van der Waals surface area contributed by atoms with E-state index in [0.29, 0.717) is 66.3 Å². The standard InChI is InChI=1S/C43H45FN2O6.C27H34FNO5.C16H12ClNO/c1-27-17-28(20-32(44)18-27)19-30-13-7-4-3-5-10-14-31-24-43(31,42(49)50)25-39(47)38-22-34(26-46(38)41(30)48)52-40-23-36(29-11-8-6-9-12-29)45-37-21-33(51-2)15-16-35(37)40;1-17-9-18(12-21(28)10-17)11-19-7-5-3-2-4-6-8-20-14-27(20,26(33)34)15-24(31)23-13-22(30)16-29(23)25(19)32;1-19-12-7-8-13-14(17)10-15(18-16(13)9-12)11-5-3-2-4-6-11/h6,8-12,14-18,20-21,23,30-31,34,38H,3-5,7,13,19,22,24-26H2,1-2H3,(H,49,50);6,8-10,12,19-20,22-23,30H,2-5,7,11,13-16H2,1H3,(H,33,34);2-10H,1H3/b14-10-;8-6-;/t30-,31-,34-,38+,43-;19-,20-,22-,23+,27-;/m11./s1. The van der Waals surface area contributed by atoms with Crippen molar-refractivity contribution in [3.8, 4) is 39.8 Å². The molecule has 3 N–H and O–H groups in total. The lowest BCUT2D eigenvalue weighted by molar-refractivity contribution is -0.148. The highest BCUT2D eigenvalue weighted by molar-refractivity contribution is 6.35. The lowest BCUT2D eigenvalue weighted by Gasteiger charge is -2.29. The van der Waals surface area contributed by atoms with E-state index in [4.69, 9.17) is 30.8 Å². The Kier molecular flexibility index (Phi) is 23.7. The highest BCUT2D eigenvalue weighted by Gasteiger charge is 2.62. The first-order chi connectivity index (χ1) is 50.6. The molecule has 6 heterocycles. The van der Waals surface area contributed by atoms with E-state index < -0.39 is 58.9 Å². The van der Waals surface area contributed by atoms with Gasteiger partial charge in [0.05, 0.1) is 77.2 Å². The van der Waals surface area contributed by atoms with Crippen LogP contribution in [0.2, 0.25) is 5.02 Å². The van der Waals surface area contributed by atoms with Gasteiger partial charge in [0.25, 0.3) is 0 Å². The fraction of sp³-hybridized carbons (Fsp3) is 0.395. The summed E-state index contributed by atoms with van der Waals surface area (Å²) in [5, 5.41) is 32.9. The normalized spacial score (nSPS) is 25.5. The average Bonchev–Trinajstić information content (AvgIpc) is 1.61. The molecule has 2 saturated carbocycles. The molecular formula is C86H91ClF2N4O12. The van der Waals surface area contributed by atoms with Crippen molar-refractivity contribution in [2.75, 3.05) is 27.3 Å². The molecule has 2 aliphatic carbocycles. The number of carboxylic acids is 2. The molecule has 6 aliphatic rings. The van der Waals surface area contributed by atoms with Crippen molar-refractivity contribution >= 4 is 68.7 Å². The third-order valence-corrected chi connectivity index (χ3v) is 22.1. The monoisotopic (exact) mass is 1440 g/mol. The zero-order valence-corrected chi connectivity index (χ0v) is 60.6. The number of amides is 2. The molecule has 4 aliphatic heterocycles. The number of fused-ring (bicyclic) bond motifs is 6. The molecule has 0 unspecified atom stereocenters. The van der Waals surface area contributed by atoms with Gasteiger partial charge in [-0.15, -0.1) is 0 Å². The molecule has 105 heavy (non-hydrogen) atoms. The molecule has 2 amide bonds. The number of rotatable bonds is 12. The summed E-state index contributed by atoms with van der Waals surface area (Å²) in [6, 6.07) is 42.8. The Morgan fingerprint density at radius 3 is 1.51 bits per heavy atom. The van der Waals surface area contributed by atoms with Gasteiger partial charge in [-0.25, -0.2) is 18.7 Å². The fourth-order valence-electron chi connectivity index (χ4n) is 16.0. The summed E-state index contributed by atoms with van der Waals surface area (Å²) in [6.07, 6.45) is 16.4. The maximum Gasteiger partial charge on any atom is 0.310 e. The number of methoxy groups -OCH3 is 2. The molecule has 19 heteroatoms. The summed E-state index contributed by atoms with van der Waals surface area (Å²) < 4.78 is 46.0. The van der Waals surface area contributed by atoms with E-state index >= 15 is 0 Å². The van der Waals surface area contributed by atoms with Gasteiger partial charge in [0, 0.05) is 84.2 Å². The number of aryl methyl sites for hydroxylation is 2. The van der Waals surface area contributed by atoms with Crippen molar-refractivity contribution in [2.45, 2.75) is 154 Å². The third-order valence-electron chi connectivity index (χ3n) is 21.8. The summed E-state index contributed by atoms with van der Waals surface area (Å²) >= 11 is 6.33. The highest BCUT2D eigenvalue weighted by Crippen LogP contribution is 2.58. The van der Waals surface area contributed by atoms with Gasteiger partial charge in [0.15, 0.2) is 11.6 Å². The summed E-state index contributed by atoms with van der Waals surface area (Å²) in [4.78, 5) is 93.2. The minimum absolute atomic E-state index is 0.0668. The van der Waals surface area contributed by atoms with Crippen LogP contribution >= 0.6 is 11.6 Å². The number of benzene rings is 6. The molecule has 10 atom stereocenters. The van der Waals surface area contributed by atoms with Crippen molar-refractivity contribution in [1.29, 1.82) is 0 Å². The number of aliphatic carboxylic acids is 2. The van der Waals surface area contributed by atoms with Gasteiger partial charge in [-0.3, -0.25) is 28.8 Å². The molecular weight excluding hydrogens is 1350 g/mol. The van der Waals surface area contributed by atoms with Crippen LogP contribution in [0.5, 0.6) is 17.2 Å². The Labute approximate surface area is 616 Å². The highest BCUT2D eigenvalue weighted by atomic mass is 35.5. The molecule has 8 aromatic rings. The summed E-state index contributed by atoms with van der Waals surface area (Å²) in [5.74, 6) is -2.85. The number of aliphatic hydroxyl groups excluding tert-OH is 1. The molecule has 548 valence electrons. The predicted octanol–water partition coefficient (Wildman–Crippen LogP) is 16.5. The molecule has 4 fully saturated rings. The minimum Gasteiger partial charge on any atom is -0.497 e. The number of halogens is 3. The van der Waals surface area contributed by atoms with E-state index in [0.717, 1.165) is 112 Å². The summed E-state index contributed by atoms with van der Waals surface area (Å²) in [7, 11) is 3.24. The van der Waals surface area contributed by atoms with Crippen LogP contribution in [0.4, 0.5) is 8.78 Å². The Balaban J connectivity index is 0.000000166. The molecule has 0 spiro atoms. The maximum absolute atomic E-state index is 14.7. The van der Waals surface area contributed by atoms with Crippen molar-refractivity contribution in [2.24, 2.45) is 34.5 Å². The number of ether oxygens (including phenoxy) is 3. The van der Waals surface area contributed by atoms with Gasteiger partial charge in [-0.05, 0) is 167 Å². The van der Waals surface area contributed by atoms with Gasteiger partial charge in [-0.1, -0.05) is 134 Å². The van der Waals surface area contributed by atoms with E-state index in [9.17, 15) is 52.9 Å². The maximum atomic E-state index is 14.7. The molecule has 0 bridgehead atoms. The van der Waals surface area contributed by atoms with Crippen molar-refractivity contribution in [1.82, 2.24) is 19.8 Å². The number of hydrogen-bond acceptors (Lipinski definition) is 12. The van der Waals surface area contributed by atoms with Gasteiger partial charge >= 0.3 is 11.9 Å². The van der Waals surface area contributed by atoms with Crippen LogP contribution < -0.4 is 14.2 Å². The summed E-state index contributed by atoms with van der Waals surface area (Å²) in [5.41, 5.74) is 5.83. The van der Waals surface area contributed by atoms with E-state index in [-0.39, 0.29) is 85.6 Å². The van der Waals surface area contributed by atoms with Crippen LogP contribution in [0.25, 0.3) is 44.3 Å². The van der Waals surface area contributed by atoms with Crippen molar-refractivity contribution in [3.05, 3.63) is 209 Å². The van der Waals surface area contributed by atoms with Crippen LogP contribution in [0.3, 0.4) is 0 Å². The second kappa shape index (κ2) is 33.2. The van der Waals surface area contributed by atoms with Crippen molar-refractivity contribution < 1.29 is 67.1 Å². The first-order valence-corrected chi connectivity index (χ1v) is 37.1. The average molecular weight is 1450 g/mol. The number of hydrogen-bond donors (Lipinski definition) is 3.